The molecule has 0 saturated heterocycles. The van der Waals surface area contributed by atoms with Crippen molar-refractivity contribution in [3.05, 3.63) is 27.6 Å². The Morgan fingerprint density at radius 1 is 1.23 bits per heavy atom. The summed E-state index contributed by atoms with van der Waals surface area (Å²) < 4.78 is 7.30. The lowest BCUT2D eigenvalue weighted by molar-refractivity contribution is 0.373. The normalized spacial score (nSPS) is 18.2. The van der Waals surface area contributed by atoms with Crippen LogP contribution in [0.3, 0.4) is 0 Å². The number of aromatic nitrogens is 4. The summed E-state index contributed by atoms with van der Waals surface area (Å²) in [6.45, 7) is 2.68. The number of fused-ring (bicyclic) bond motifs is 2. The van der Waals surface area contributed by atoms with Gasteiger partial charge in [0.25, 0.3) is 11.4 Å². The van der Waals surface area contributed by atoms with Crippen LogP contribution in [0.25, 0.3) is 21.0 Å². The number of halogens is 1. The van der Waals surface area contributed by atoms with Crippen molar-refractivity contribution < 1.29 is 4.52 Å². The number of nitrogens with two attached hydrogens (primary N) is 1. The fourth-order valence-corrected chi connectivity index (χ4v) is 5.14. The molecule has 0 amide bonds. The number of nitrogens with zero attached hydrogens (tertiary/aromatic N) is 4. The molecule has 26 heavy (non-hydrogen) atoms. The van der Waals surface area contributed by atoms with E-state index in [0.29, 0.717) is 17.1 Å². The van der Waals surface area contributed by atoms with Crippen LogP contribution >= 0.6 is 23.7 Å². The van der Waals surface area contributed by atoms with Gasteiger partial charge < -0.3 is 10.3 Å². The molecule has 0 radical (unpaired) electrons. The van der Waals surface area contributed by atoms with Gasteiger partial charge in [-0.2, -0.15) is 4.98 Å². The van der Waals surface area contributed by atoms with Gasteiger partial charge in [-0.15, -0.1) is 23.7 Å². The van der Waals surface area contributed by atoms with Crippen molar-refractivity contribution in [3.63, 3.8) is 0 Å². The summed E-state index contributed by atoms with van der Waals surface area (Å²) >= 11 is 1.45. The molecule has 7 nitrogen and oxygen atoms in total. The first kappa shape index (κ1) is 17.6. The minimum atomic E-state index is -0.481. The predicted molar refractivity (Wildman–Crippen MR) is 102 cm³/mol. The molecule has 1 saturated carbocycles. The third-order valence-corrected chi connectivity index (χ3v) is 6.65. The van der Waals surface area contributed by atoms with E-state index < -0.39 is 5.54 Å². The average Bonchev–Trinajstić information content (AvgIpc) is 3.34. The number of rotatable bonds is 2. The van der Waals surface area contributed by atoms with E-state index in [1.807, 2.05) is 6.92 Å². The molecule has 0 unspecified atom stereocenters. The second-order valence-corrected chi connectivity index (χ2v) is 8.11. The molecule has 138 valence electrons. The molecule has 0 aromatic carbocycles. The second kappa shape index (κ2) is 6.14. The van der Waals surface area contributed by atoms with Gasteiger partial charge in [0.1, 0.15) is 10.7 Å². The standard InChI is InChI=1S/C17H19N5O2S.ClH/c1-9-11-14(19-10-5-4-8-22(10)15(11)23)25-12(9)13-20-16(21-24-13)17(18)6-2-3-7-17;/h2-8,18H2,1H3;1H. The van der Waals surface area contributed by atoms with Gasteiger partial charge in [-0.3, -0.25) is 9.36 Å². The maximum atomic E-state index is 12.8. The average molecular weight is 394 g/mol. The van der Waals surface area contributed by atoms with E-state index in [1.54, 1.807) is 4.57 Å². The third-order valence-electron chi connectivity index (χ3n) is 5.47. The Morgan fingerprint density at radius 3 is 2.77 bits per heavy atom. The van der Waals surface area contributed by atoms with E-state index in [1.165, 1.54) is 11.3 Å². The summed E-state index contributed by atoms with van der Waals surface area (Å²) in [5, 5.41) is 4.81. The van der Waals surface area contributed by atoms with Crippen molar-refractivity contribution >= 4 is 34.0 Å². The van der Waals surface area contributed by atoms with Crippen molar-refractivity contribution in [3.8, 4) is 10.8 Å². The fraction of sp³-hybridized carbons (Fsp3) is 0.529. The summed E-state index contributed by atoms with van der Waals surface area (Å²) in [6.07, 6.45) is 5.79. The van der Waals surface area contributed by atoms with Crippen LogP contribution in [0.1, 0.15) is 49.3 Å². The Kier molecular flexibility index (Phi) is 4.17. The number of thiophene rings is 1. The summed E-state index contributed by atoms with van der Waals surface area (Å²) in [4.78, 5) is 23.6. The van der Waals surface area contributed by atoms with Crippen LogP contribution in [0.4, 0.5) is 0 Å². The van der Waals surface area contributed by atoms with Gasteiger partial charge in [0, 0.05) is 13.0 Å². The quantitative estimate of drug-likeness (QED) is 0.718. The van der Waals surface area contributed by atoms with Crippen LogP contribution in [-0.2, 0) is 18.5 Å². The minimum Gasteiger partial charge on any atom is -0.333 e. The molecule has 1 aliphatic heterocycles. The highest BCUT2D eigenvalue weighted by molar-refractivity contribution is 7.22. The molecule has 0 bridgehead atoms. The highest BCUT2D eigenvalue weighted by Crippen LogP contribution is 2.38. The van der Waals surface area contributed by atoms with Crippen molar-refractivity contribution in [1.82, 2.24) is 19.7 Å². The highest BCUT2D eigenvalue weighted by Gasteiger charge is 2.36. The maximum absolute atomic E-state index is 12.8. The Bertz CT molecular complexity index is 1050. The molecule has 9 heteroatoms. The first-order chi connectivity index (χ1) is 12.1. The largest absolute Gasteiger partial charge is 0.333 e. The Morgan fingerprint density at radius 2 is 2.00 bits per heavy atom. The van der Waals surface area contributed by atoms with Gasteiger partial charge in [-0.05, 0) is 31.7 Å². The monoisotopic (exact) mass is 393 g/mol. The molecule has 2 aliphatic rings. The molecule has 1 fully saturated rings. The molecule has 3 aromatic heterocycles. The van der Waals surface area contributed by atoms with Crippen molar-refractivity contribution in [1.29, 1.82) is 0 Å². The molecule has 1 aliphatic carbocycles. The molecule has 3 aromatic rings. The van der Waals surface area contributed by atoms with Crippen molar-refractivity contribution in [2.45, 2.75) is 57.5 Å². The van der Waals surface area contributed by atoms with Gasteiger partial charge in [0.2, 0.25) is 0 Å². The van der Waals surface area contributed by atoms with Crippen LogP contribution < -0.4 is 11.3 Å². The van der Waals surface area contributed by atoms with E-state index in [2.05, 4.69) is 15.1 Å². The van der Waals surface area contributed by atoms with E-state index in [0.717, 1.165) is 66.2 Å². The van der Waals surface area contributed by atoms with Crippen molar-refractivity contribution in [2.24, 2.45) is 5.73 Å². The Balaban J connectivity index is 0.00000168. The lowest BCUT2D eigenvalue weighted by Crippen LogP contribution is -2.34. The number of aryl methyl sites for hydroxylation is 2. The summed E-state index contributed by atoms with van der Waals surface area (Å²) in [6, 6.07) is 0. The van der Waals surface area contributed by atoms with Crippen LogP contribution in [0.5, 0.6) is 0 Å². The Hall–Kier alpha value is -1.77. The zero-order valence-corrected chi connectivity index (χ0v) is 16.1. The Labute approximate surface area is 160 Å². The lowest BCUT2D eigenvalue weighted by Gasteiger charge is -2.17. The van der Waals surface area contributed by atoms with E-state index in [4.69, 9.17) is 10.3 Å². The topological polar surface area (TPSA) is 99.8 Å². The molecule has 4 heterocycles. The van der Waals surface area contributed by atoms with Crippen LogP contribution in [0.15, 0.2) is 9.32 Å². The van der Waals surface area contributed by atoms with E-state index >= 15 is 0 Å². The molecular formula is C17H20ClN5O2S. The number of hydrogen-bond donors (Lipinski definition) is 1. The maximum Gasteiger partial charge on any atom is 0.268 e. The number of hydrogen-bond acceptors (Lipinski definition) is 7. The fourth-order valence-electron chi connectivity index (χ4n) is 4.03. The molecule has 2 N–H and O–H groups in total. The molecule has 5 rings (SSSR count). The second-order valence-electron chi connectivity index (χ2n) is 7.11. The molecular weight excluding hydrogens is 374 g/mol. The minimum absolute atomic E-state index is 0. The lowest BCUT2D eigenvalue weighted by atomic mass is 9.99. The summed E-state index contributed by atoms with van der Waals surface area (Å²) in [5.41, 5.74) is 6.86. The van der Waals surface area contributed by atoms with Gasteiger partial charge in [-0.1, -0.05) is 18.0 Å². The van der Waals surface area contributed by atoms with Crippen LogP contribution in [0.2, 0.25) is 0 Å². The highest BCUT2D eigenvalue weighted by atomic mass is 35.5. The smallest absolute Gasteiger partial charge is 0.268 e. The van der Waals surface area contributed by atoms with Gasteiger partial charge in [0.15, 0.2) is 5.82 Å². The predicted octanol–water partition coefficient (Wildman–Crippen LogP) is 2.91. The zero-order chi connectivity index (χ0) is 17.2. The molecule has 0 atom stereocenters. The summed E-state index contributed by atoms with van der Waals surface area (Å²) in [5.74, 6) is 1.89. The van der Waals surface area contributed by atoms with Gasteiger partial charge >= 0.3 is 0 Å². The van der Waals surface area contributed by atoms with Crippen molar-refractivity contribution in [2.75, 3.05) is 0 Å². The third kappa shape index (κ3) is 2.43. The first-order valence-corrected chi connectivity index (χ1v) is 9.55. The SMILES string of the molecule is Cc1c(-c2nc(C3(N)CCCC3)no2)sc2nc3n(c(=O)c12)CCC3.Cl. The zero-order valence-electron chi connectivity index (χ0n) is 14.4. The van der Waals surface area contributed by atoms with Crippen LogP contribution in [0, 0.1) is 6.92 Å². The summed E-state index contributed by atoms with van der Waals surface area (Å²) in [7, 11) is 0. The van der Waals surface area contributed by atoms with Gasteiger partial charge in [0.05, 0.1) is 15.8 Å². The van der Waals surface area contributed by atoms with Crippen LogP contribution in [-0.4, -0.2) is 19.7 Å². The molecule has 0 spiro atoms. The van der Waals surface area contributed by atoms with E-state index in [-0.39, 0.29) is 18.0 Å². The van der Waals surface area contributed by atoms with Gasteiger partial charge in [-0.25, -0.2) is 4.98 Å². The first-order valence-electron chi connectivity index (χ1n) is 8.73. The van der Waals surface area contributed by atoms with E-state index in [9.17, 15) is 4.79 Å².